The van der Waals surface area contributed by atoms with Crippen molar-refractivity contribution in [2.75, 3.05) is 20.3 Å². The summed E-state index contributed by atoms with van der Waals surface area (Å²) < 4.78 is 34.8. The molecule has 1 saturated carbocycles. The number of hydrogen-bond donors (Lipinski definition) is 1. The number of hydrogen-bond acceptors (Lipinski definition) is 8. The summed E-state index contributed by atoms with van der Waals surface area (Å²) in [4.78, 5) is 13.7. The topological polar surface area (TPSA) is 92.7 Å². The lowest BCUT2D eigenvalue weighted by Crippen LogP contribution is -2.63. The van der Waals surface area contributed by atoms with Crippen molar-refractivity contribution in [2.24, 2.45) is 11.8 Å². The van der Waals surface area contributed by atoms with Crippen molar-refractivity contribution in [3.05, 3.63) is 60.4 Å². The Bertz CT molecular complexity index is 1040. The largest absolute Gasteiger partial charge is 0.465 e. The monoisotopic (exact) mass is 648 g/mol. The van der Waals surface area contributed by atoms with E-state index in [-0.39, 0.29) is 12.0 Å². The predicted molar refractivity (Wildman–Crippen MR) is 162 cm³/mol. The van der Waals surface area contributed by atoms with Crippen molar-refractivity contribution in [1.29, 1.82) is 0 Å². The number of alkyl halides is 1. The van der Waals surface area contributed by atoms with Gasteiger partial charge in [0.2, 0.25) is 0 Å². The Morgan fingerprint density at radius 3 is 2.29 bits per heavy atom. The van der Waals surface area contributed by atoms with E-state index in [2.05, 4.69) is 40.7 Å². The number of halogens is 1. The number of carbonyl (C=O) groups is 1. The Labute approximate surface area is 258 Å². The van der Waals surface area contributed by atoms with Crippen LogP contribution >= 0.6 is 15.9 Å². The third-order valence-electron chi connectivity index (χ3n) is 8.03. The van der Waals surface area contributed by atoms with Crippen LogP contribution < -0.4 is 4.74 Å². The smallest absolute Gasteiger partial charge is 0.367 e. The molecule has 9 heteroatoms. The third kappa shape index (κ3) is 8.35. The lowest BCUT2D eigenvalue weighted by Gasteiger charge is -2.45. The van der Waals surface area contributed by atoms with Crippen LogP contribution in [0.25, 0.3) is 0 Å². The summed E-state index contributed by atoms with van der Waals surface area (Å²) in [5.41, 5.74) is 3.24. The van der Waals surface area contributed by atoms with Gasteiger partial charge >= 0.3 is 10.5 Å². The van der Waals surface area contributed by atoms with Crippen LogP contribution in [0.15, 0.2) is 60.4 Å². The van der Waals surface area contributed by atoms with Crippen LogP contribution in [0.1, 0.15) is 71.1 Å². The number of allylic oxidation sites excluding steroid dienone is 2. The maximum Gasteiger partial charge on any atom is 0.367 e. The second kappa shape index (κ2) is 16.2. The van der Waals surface area contributed by atoms with Crippen molar-refractivity contribution < 1.29 is 38.3 Å². The van der Waals surface area contributed by atoms with E-state index in [0.29, 0.717) is 44.1 Å². The van der Waals surface area contributed by atoms with E-state index in [1.165, 1.54) is 7.11 Å². The van der Waals surface area contributed by atoms with Crippen LogP contribution in [0, 0.1) is 11.8 Å². The van der Waals surface area contributed by atoms with Crippen molar-refractivity contribution in [1.82, 2.24) is 0 Å². The molecule has 1 aromatic rings. The van der Waals surface area contributed by atoms with Gasteiger partial charge in [-0.1, -0.05) is 37.3 Å². The molecule has 4 rings (SSSR count). The summed E-state index contributed by atoms with van der Waals surface area (Å²) >= 11 is 3.60. The van der Waals surface area contributed by atoms with Crippen LogP contribution in [0.2, 0.25) is 0 Å². The van der Waals surface area contributed by atoms with Gasteiger partial charge < -0.3 is 33.5 Å². The predicted octanol–water partition coefficient (Wildman–Crippen LogP) is 6.57. The minimum Gasteiger partial charge on any atom is -0.465 e. The van der Waals surface area contributed by atoms with Crippen molar-refractivity contribution in [2.45, 2.75) is 100 Å². The minimum atomic E-state index is -1.99. The van der Waals surface area contributed by atoms with Gasteiger partial charge in [0.05, 0.1) is 13.2 Å². The second-order valence-corrected chi connectivity index (χ2v) is 12.2. The Kier molecular flexibility index (Phi) is 12.7. The summed E-state index contributed by atoms with van der Waals surface area (Å²) in [6.45, 7) is 3.16. The van der Waals surface area contributed by atoms with Gasteiger partial charge in [-0.15, -0.1) is 5.73 Å². The maximum absolute atomic E-state index is 13.7. The molecule has 232 valence electrons. The van der Waals surface area contributed by atoms with E-state index in [1.807, 2.05) is 24.3 Å². The second-order valence-electron chi connectivity index (χ2n) is 11.1. The molecule has 2 aliphatic heterocycles. The number of aliphatic hydroxyl groups excluding tert-OH is 1. The molecule has 8 nitrogen and oxygen atoms in total. The highest BCUT2D eigenvalue weighted by molar-refractivity contribution is 9.10. The van der Waals surface area contributed by atoms with Crippen LogP contribution in [0.4, 0.5) is 0 Å². The summed E-state index contributed by atoms with van der Waals surface area (Å²) in [6, 6.07) is 8.95. The maximum atomic E-state index is 13.7. The Morgan fingerprint density at radius 1 is 1.05 bits per heavy atom. The molecule has 1 N–H and O–H groups in total. The van der Waals surface area contributed by atoms with Crippen LogP contribution in [0.3, 0.4) is 0 Å². The van der Waals surface area contributed by atoms with Gasteiger partial charge in [0.1, 0.15) is 5.75 Å². The average molecular weight is 650 g/mol. The number of para-hydroxylation sites is 1. The number of ether oxygens (including phenoxy) is 6. The van der Waals surface area contributed by atoms with E-state index >= 15 is 0 Å². The fourth-order valence-electron chi connectivity index (χ4n) is 5.71. The number of methoxy groups -OCH3 is 1. The lowest BCUT2D eigenvalue weighted by atomic mass is 9.91. The van der Waals surface area contributed by atoms with Crippen LogP contribution in [0.5, 0.6) is 5.75 Å². The highest BCUT2D eigenvalue weighted by atomic mass is 79.9. The Morgan fingerprint density at radius 2 is 1.71 bits per heavy atom. The molecule has 0 bridgehead atoms. The molecular formula is C33H45BrO8. The van der Waals surface area contributed by atoms with E-state index in [0.717, 1.165) is 44.9 Å². The van der Waals surface area contributed by atoms with Gasteiger partial charge in [-0.25, -0.2) is 4.79 Å². The lowest BCUT2D eigenvalue weighted by molar-refractivity contribution is -0.363. The summed E-state index contributed by atoms with van der Waals surface area (Å²) in [5.74, 6) is -1.88. The fourth-order valence-corrected chi connectivity index (χ4v) is 6.36. The molecule has 42 heavy (non-hydrogen) atoms. The van der Waals surface area contributed by atoms with Crippen molar-refractivity contribution in [3.8, 4) is 5.75 Å². The van der Waals surface area contributed by atoms with Crippen molar-refractivity contribution in [3.63, 3.8) is 0 Å². The average Bonchev–Trinajstić information content (AvgIpc) is 3.37. The molecule has 3 unspecified atom stereocenters. The van der Waals surface area contributed by atoms with E-state index in [1.54, 1.807) is 18.2 Å². The van der Waals surface area contributed by atoms with E-state index < -0.39 is 28.8 Å². The summed E-state index contributed by atoms with van der Waals surface area (Å²) in [7, 11) is 1.29. The van der Waals surface area contributed by atoms with Crippen LogP contribution in [-0.2, 0) is 28.5 Å². The standard InChI is InChI=1S/C33H45BrO8/c1-3-4-14-25-20-21-28(35)27(25)17-8-11-22-32(41-29-18-9-12-23-38-29,42-30-19-10-13-24-39-30)33(34,31(36)37-2)40-26-15-6-5-7-16-26/h4-8,14-16,22,25,27-30,35H,3,9-10,12-13,17-21,23-24H2,1-2H3/b14-4+/t11?,25-,27+,28-,29?,30?,32?,33?/m0/s1/i41+0,42+0. The van der Waals surface area contributed by atoms with Gasteiger partial charge in [-0.05, 0) is 110 Å². The van der Waals surface area contributed by atoms with Gasteiger partial charge in [-0.2, -0.15) is 0 Å². The first-order valence-electron chi connectivity index (χ1n) is 15.3. The molecule has 0 radical (unpaired) electrons. The molecule has 0 spiro atoms. The molecule has 1 aromatic carbocycles. The first-order valence-corrected chi connectivity index (χ1v) is 16.1. The van der Waals surface area contributed by atoms with E-state index in [9.17, 15) is 9.90 Å². The number of benzene rings is 1. The Balaban J connectivity index is 1.75. The molecular weight excluding hydrogens is 604 g/mol. The zero-order chi connectivity index (χ0) is 29.8. The zero-order valence-electron chi connectivity index (χ0n) is 24.8. The highest BCUT2D eigenvalue weighted by Crippen LogP contribution is 2.44. The number of esters is 1. The molecule has 3 fully saturated rings. The molecule has 6 atom stereocenters. The molecule has 2 saturated heterocycles. The minimum absolute atomic E-state index is 0.0724. The first-order chi connectivity index (χ1) is 20.4. The number of aliphatic hydroxyl groups is 1. The fraction of sp³-hybridized carbons (Fsp3) is 0.636. The zero-order valence-corrected chi connectivity index (χ0v) is 26.3. The third-order valence-corrected chi connectivity index (χ3v) is 9.07. The number of rotatable bonds is 13. The van der Waals surface area contributed by atoms with Gasteiger partial charge in [0.15, 0.2) is 12.6 Å². The van der Waals surface area contributed by atoms with Gasteiger partial charge in [0.25, 0.3) is 5.79 Å². The van der Waals surface area contributed by atoms with Crippen molar-refractivity contribution >= 4 is 21.9 Å². The molecule has 0 aromatic heterocycles. The quantitative estimate of drug-likeness (QED) is 0.0844. The van der Waals surface area contributed by atoms with Crippen LogP contribution in [-0.4, -0.2) is 60.4 Å². The molecule has 0 amide bonds. The highest BCUT2D eigenvalue weighted by Gasteiger charge is 2.63. The number of carbonyl (C=O) groups excluding carboxylic acids is 1. The van der Waals surface area contributed by atoms with Gasteiger partial charge in [0, 0.05) is 19.3 Å². The summed E-state index contributed by atoms with van der Waals surface area (Å²) in [6.07, 6.45) is 14.2. The molecule has 2 heterocycles. The SMILES string of the molecule is CC/C=C/[C@H]1CC[C@H](O)[C@@H]1CC=C=CC([16O]C1CCCCO1)([16O]C1CCCCO1)C(Br)(Oc1ccccc1)C(=O)OC. The normalized spacial score (nSPS) is 29.2. The van der Waals surface area contributed by atoms with Gasteiger partial charge in [-0.3, -0.25) is 0 Å². The summed E-state index contributed by atoms with van der Waals surface area (Å²) in [5, 5.41) is 10.7. The van der Waals surface area contributed by atoms with E-state index in [4.69, 9.17) is 28.4 Å². The molecule has 3 aliphatic rings. The Hall–Kier alpha value is -1.97. The first kappa shape index (κ1) is 32.9. The molecule has 1 aliphatic carbocycles.